The maximum atomic E-state index is 13.1. The number of hydrogen-bond acceptors (Lipinski definition) is 9. The number of carbonyl (C=O) groups is 1. The van der Waals surface area contributed by atoms with E-state index in [9.17, 15) is 13.2 Å². The van der Waals surface area contributed by atoms with Gasteiger partial charge in [-0.25, -0.2) is 18.4 Å². The zero-order valence-corrected chi connectivity index (χ0v) is 21.8. The molecule has 0 unspecified atom stereocenters. The third-order valence-corrected chi connectivity index (χ3v) is 10.3. The predicted octanol–water partition coefficient (Wildman–Crippen LogP) is 3.21. The summed E-state index contributed by atoms with van der Waals surface area (Å²) in [6.07, 6.45) is 4.41. The highest BCUT2D eigenvalue weighted by Crippen LogP contribution is 2.38. The Morgan fingerprint density at radius 3 is 2.80 bits per heavy atom. The average Bonchev–Trinajstić information content (AvgIpc) is 3.23. The molecule has 3 aromatic rings. The number of ether oxygens (including phenoxy) is 1. The molecule has 0 radical (unpaired) electrons. The summed E-state index contributed by atoms with van der Waals surface area (Å²) in [5, 5.41) is 4.22. The van der Waals surface area contributed by atoms with E-state index in [1.54, 1.807) is 30.4 Å². The number of hydrogen-bond donors (Lipinski definition) is 2. The smallest absolute Gasteiger partial charge is 0.243 e. The predicted molar refractivity (Wildman–Crippen MR) is 139 cm³/mol. The lowest BCUT2D eigenvalue weighted by atomic mass is 9.97. The van der Waals surface area contributed by atoms with Crippen molar-refractivity contribution in [2.45, 2.75) is 42.7 Å². The summed E-state index contributed by atoms with van der Waals surface area (Å²) in [4.78, 5) is 24.1. The SMILES string of the molecule is Cc1ccc(NC(=O)CSc2nc(N)c3c4c(sc3n2)CCCC4)cc1S(=O)(=O)N1CCOCC1. The zero-order chi connectivity index (χ0) is 24.6. The molecule has 35 heavy (non-hydrogen) atoms. The number of nitrogens with two attached hydrogens (primary N) is 1. The number of nitrogens with zero attached hydrogens (tertiary/aromatic N) is 3. The number of anilines is 2. The van der Waals surface area contributed by atoms with E-state index >= 15 is 0 Å². The molecule has 0 bridgehead atoms. The average molecular weight is 534 g/mol. The van der Waals surface area contributed by atoms with Gasteiger partial charge >= 0.3 is 0 Å². The molecule has 0 saturated carbocycles. The Morgan fingerprint density at radius 2 is 2.00 bits per heavy atom. The summed E-state index contributed by atoms with van der Waals surface area (Å²) in [5.41, 5.74) is 8.59. The topological polar surface area (TPSA) is 128 Å². The molecule has 0 atom stereocenters. The van der Waals surface area contributed by atoms with Gasteiger partial charge in [0.05, 0.1) is 29.2 Å². The number of sulfonamides is 1. The van der Waals surface area contributed by atoms with Gasteiger partial charge in [0, 0.05) is 23.7 Å². The van der Waals surface area contributed by atoms with E-state index in [0.29, 0.717) is 48.5 Å². The van der Waals surface area contributed by atoms with Gasteiger partial charge in [-0.3, -0.25) is 4.79 Å². The second-order valence-electron chi connectivity index (χ2n) is 8.62. The molecular weight excluding hydrogens is 506 g/mol. The Balaban J connectivity index is 1.28. The number of amides is 1. The van der Waals surface area contributed by atoms with E-state index < -0.39 is 10.0 Å². The second-order valence-corrected chi connectivity index (χ2v) is 12.5. The number of carbonyl (C=O) groups excluding carboxylic acids is 1. The molecule has 9 nitrogen and oxygen atoms in total. The van der Waals surface area contributed by atoms with Gasteiger partial charge in [-0.05, 0) is 55.9 Å². The Hall–Kier alpha value is -2.25. The van der Waals surface area contributed by atoms with Crippen molar-refractivity contribution in [1.82, 2.24) is 14.3 Å². The van der Waals surface area contributed by atoms with Crippen LogP contribution in [-0.2, 0) is 32.4 Å². The summed E-state index contributed by atoms with van der Waals surface area (Å²) >= 11 is 2.88. The van der Waals surface area contributed by atoms with Gasteiger partial charge in [-0.2, -0.15) is 4.31 Å². The number of morpholine rings is 1. The molecular formula is C23H27N5O4S3. The molecule has 186 valence electrons. The largest absolute Gasteiger partial charge is 0.383 e. The summed E-state index contributed by atoms with van der Waals surface area (Å²) in [6.45, 7) is 3.12. The van der Waals surface area contributed by atoms with Crippen molar-refractivity contribution in [1.29, 1.82) is 0 Å². The maximum Gasteiger partial charge on any atom is 0.243 e. The quantitative estimate of drug-likeness (QED) is 0.365. The minimum absolute atomic E-state index is 0.0788. The van der Waals surface area contributed by atoms with Crippen molar-refractivity contribution in [2.24, 2.45) is 0 Å². The second kappa shape index (κ2) is 10.0. The number of benzene rings is 1. The summed E-state index contributed by atoms with van der Waals surface area (Å²) < 4.78 is 32.9. The maximum absolute atomic E-state index is 13.1. The molecule has 5 rings (SSSR count). The van der Waals surface area contributed by atoms with Crippen molar-refractivity contribution in [2.75, 3.05) is 43.1 Å². The zero-order valence-electron chi connectivity index (χ0n) is 19.4. The fourth-order valence-electron chi connectivity index (χ4n) is 4.44. The van der Waals surface area contributed by atoms with Gasteiger partial charge in [0.2, 0.25) is 15.9 Å². The molecule has 1 amide bonds. The normalized spacial score (nSPS) is 16.8. The summed E-state index contributed by atoms with van der Waals surface area (Å²) in [6, 6.07) is 4.92. The third kappa shape index (κ3) is 5.03. The van der Waals surface area contributed by atoms with E-state index in [4.69, 9.17) is 10.5 Å². The molecule has 12 heteroatoms. The Labute approximate surface area is 212 Å². The Bertz CT molecular complexity index is 1380. The van der Waals surface area contributed by atoms with Gasteiger partial charge in [0.15, 0.2) is 5.16 Å². The van der Waals surface area contributed by atoms with Crippen LogP contribution in [0.2, 0.25) is 0 Å². The van der Waals surface area contributed by atoms with E-state index in [1.165, 1.54) is 39.0 Å². The fraction of sp³-hybridized carbons (Fsp3) is 0.435. The molecule has 1 aliphatic carbocycles. The highest BCUT2D eigenvalue weighted by Gasteiger charge is 2.28. The number of aryl methyl sites for hydroxylation is 3. The van der Waals surface area contributed by atoms with E-state index in [2.05, 4.69) is 15.3 Å². The van der Waals surface area contributed by atoms with Crippen LogP contribution in [0.5, 0.6) is 0 Å². The Morgan fingerprint density at radius 1 is 1.23 bits per heavy atom. The van der Waals surface area contributed by atoms with Crippen molar-refractivity contribution < 1.29 is 17.9 Å². The van der Waals surface area contributed by atoms with E-state index in [-0.39, 0.29) is 16.6 Å². The van der Waals surface area contributed by atoms with Crippen LogP contribution >= 0.6 is 23.1 Å². The molecule has 0 spiro atoms. The molecule has 1 aromatic carbocycles. The number of nitrogens with one attached hydrogen (secondary N) is 1. The third-order valence-electron chi connectivity index (χ3n) is 6.21. The Kier molecular flexibility index (Phi) is 6.99. The highest BCUT2D eigenvalue weighted by molar-refractivity contribution is 7.99. The first-order valence-corrected chi connectivity index (χ1v) is 14.8. The van der Waals surface area contributed by atoms with Crippen LogP contribution in [0.3, 0.4) is 0 Å². The van der Waals surface area contributed by atoms with Crippen LogP contribution in [0, 0.1) is 6.92 Å². The number of aromatic nitrogens is 2. The molecule has 1 fully saturated rings. The van der Waals surface area contributed by atoms with Crippen LogP contribution in [-0.4, -0.2) is 60.7 Å². The molecule has 2 aromatic heterocycles. The van der Waals surface area contributed by atoms with Crippen LogP contribution < -0.4 is 11.1 Å². The van der Waals surface area contributed by atoms with Crippen LogP contribution in [0.25, 0.3) is 10.2 Å². The number of thiophene rings is 1. The van der Waals surface area contributed by atoms with E-state index in [1.807, 2.05) is 0 Å². The first kappa shape index (κ1) is 24.4. The van der Waals surface area contributed by atoms with Gasteiger partial charge in [-0.1, -0.05) is 17.8 Å². The van der Waals surface area contributed by atoms with Crippen LogP contribution in [0.15, 0.2) is 28.3 Å². The monoisotopic (exact) mass is 533 g/mol. The fourth-order valence-corrected chi connectivity index (χ4v) is 8.08. The van der Waals surface area contributed by atoms with Gasteiger partial charge < -0.3 is 15.8 Å². The molecule has 3 heterocycles. The summed E-state index contributed by atoms with van der Waals surface area (Å²) in [7, 11) is -3.67. The highest BCUT2D eigenvalue weighted by atomic mass is 32.2. The van der Waals surface area contributed by atoms with Crippen LogP contribution in [0.1, 0.15) is 28.8 Å². The van der Waals surface area contributed by atoms with Crippen molar-refractivity contribution in [3.05, 3.63) is 34.2 Å². The van der Waals surface area contributed by atoms with Crippen molar-refractivity contribution in [3.8, 4) is 0 Å². The minimum atomic E-state index is -3.67. The lowest BCUT2D eigenvalue weighted by Crippen LogP contribution is -2.40. The number of fused-ring (bicyclic) bond motifs is 3. The number of nitrogen functional groups attached to an aromatic ring is 1. The van der Waals surface area contributed by atoms with Gasteiger partial charge in [0.25, 0.3) is 0 Å². The van der Waals surface area contributed by atoms with E-state index in [0.717, 1.165) is 29.5 Å². The lowest BCUT2D eigenvalue weighted by Gasteiger charge is -2.26. The minimum Gasteiger partial charge on any atom is -0.383 e. The van der Waals surface area contributed by atoms with Crippen molar-refractivity contribution >= 4 is 60.8 Å². The molecule has 3 N–H and O–H groups in total. The van der Waals surface area contributed by atoms with Gasteiger partial charge in [-0.15, -0.1) is 11.3 Å². The number of rotatable bonds is 6. The first-order valence-electron chi connectivity index (χ1n) is 11.5. The summed E-state index contributed by atoms with van der Waals surface area (Å²) in [5.74, 6) is 0.269. The lowest BCUT2D eigenvalue weighted by molar-refractivity contribution is -0.113. The number of thioether (sulfide) groups is 1. The van der Waals surface area contributed by atoms with Crippen LogP contribution in [0.4, 0.5) is 11.5 Å². The molecule has 2 aliphatic rings. The van der Waals surface area contributed by atoms with Gasteiger partial charge in [0.1, 0.15) is 10.6 Å². The molecule has 1 aliphatic heterocycles. The van der Waals surface area contributed by atoms with Crippen molar-refractivity contribution in [3.63, 3.8) is 0 Å². The molecule has 1 saturated heterocycles. The first-order chi connectivity index (χ1) is 16.8. The standard InChI is InChI=1S/C23H27N5O4S3/c1-14-6-7-15(12-18(14)35(30,31)28-8-10-32-11-9-28)25-19(29)13-33-23-26-21(24)20-16-4-2-3-5-17(16)34-22(20)27-23/h6-7,12H,2-5,8-11,13H2,1H3,(H,25,29)(H2,24,26,27).